The van der Waals surface area contributed by atoms with Crippen LogP contribution in [0.1, 0.15) is 43.6 Å². The van der Waals surface area contributed by atoms with E-state index >= 15 is 0 Å². The van der Waals surface area contributed by atoms with Crippen LogP contribution in [0.5, 0.6) is 0 Å². The molecule has 0 aliphatic heterocycles. The molecule has 128 valence electrons. The fourth-order valence-electron chi connectivity index (χ4n) is 3.68. The summed E-state index contributed by atoms with van der Waals surface area (Å²) in [5.74, 6) is 0.564. The number of hydrogen-bond acceptors (Lipinski definition) is 4. The molecule has 1 N–H and O–H groups in total. The van der Waals surface area contributed by atoms with Crippen LogP contribution in [0.25, 0.3) is 10.3 Å². The topological polar surface area (TPSA) is 54.9 Å². The highest BCUT2D eigenvalue weighted by molar-refractivity contribution is 7.21. The maximum Gasteiger partial charge on any atom is 0.233 e. The summed E-state index contributed by atoms with van der Waals surface area (Å²) in [6.45, 7) is 0. The SMILES string of the molecule is O=C(Nc1nc2cccnc2s1)C(CC1CCCC1)c1ccccc1. The van der Waals surface area contributed by atoms with E-state index in [2.05, 4.69) is 27.4 Å². The van der Waals surface area contributed by atoms with Gasteiger partial charge in [-0.3, -0.25) is 4.79 Å². The van der Waals surface area contributed by atoms with Gasteiger partial charge in [0.05, 0.1) is 5.92 Å². The molecule has 1 aliphatic carbocycles. The number of thiazole rings is 1. The number of carbonyl (C=O) groups is 1. The highest BCUT2D eigenvalue weighted by Gasteiger charge is 2.27. The van der Waals surface area contributed by atoms with Gasteiger partial charge in [-0.05, 0) is 30.0 Å². The minimum Gasteiger partial charge on any atom is -0.301 e. The van der Waals surface area contributed by atoms with E-state index in [0.717, 1.165) is 22.3 Å². The zero-order valence-corrected chi connectivity index (χ0v) is 14.8. The maximum atomic E-state index is 13.0. The van der Waals surface area contributed by atoms with Gasteiger partial charge in [0.1, 0.15) is 10.3 Å². The quantitative estimate of drug-likeness (QED) is 0.704. The van der Waals surface area contributed by atoms with Gasteiger partial charge in [0.15, 0.2) is 5.13 Å². The number of nitrogens with zero attached hydrogens (tertiary/aromatic N) is 2. The van der Waals surface area contributed by atoms with Crippen LogP contribution in [0.3, 0.4) is 0 Å². The fourth-order valence-corrected chi connectivity index (χ4v) is 4.49. The summed E-state index contributed by atoms with van der Waals surface area (Å²) < 4.78 is 0. The lowest BCUT2D eigenvalue weighted by atomic mass is 9.87. The van der Waals surface area contributed by atoms with Crippen molar-refractivity contribution in [3.63, 3.8) is 0 Å². The number of pyridine rings is 1. The Bertz CT molecular complexity index is 823. The van der Waals surface area contributed by atoms with Crippen molar-refractivity contribution >= 4 is 32.7 Å². The van der Waals surface area contributed by atoms with Crippen LogP contribution in [0.2, 0.25) is 0 Å². The zero-order valence-electron chi connectivity index (χ0n) is 14.0. The van der Waals surface area contributed by atoms with Crippen LogP contribution < -0.4 is 5.32 Å². The molecule has 4 rings (SSSR count). The van der Waals surface area contributed by atoms with Crippen LogP contribution in [0, 0.1) is 5.92 Å². The highest BCUT2D eigenvalue weighted by Crippen LogP contribution is 2.35. The zero-order chi connectivity index (χ0) is 17.1. The first-order chi connectivity index (χ1) is 12.3. The molecule has 1 atom stereocenters. The van der Waals surface area contributed by atoms with Crippen molar-refractivity contribution in [3.8, 4) is 0 Å². The van der Waals surface area contributed by atoms with E-state index in [9.17, 15) is 4.79 Å². The third-order valence-corrected chi connectivity index (χ3v) is 5.85. The van der Waals surface area contributed by atoms with E-state index < -0.39 is 0 Å². The van der Waals surface area contributed by atoms with Crippen LogP contribution >= 0.6 is 11.3 Å². The summed E-state index contributed by atoms with van der Waals surface area (Å²) in [4.78, 5) is 22.6. The summed E-state index contributed by atoms with van der Waals surface area (Å²) in [6, 6.07) is 13.9. The Balaban J connectivity index is 1.55. The molecule has 0 radical (unpaired) electrons. The molecule has 1 fully saturated rings. The van der Waals surface area contributed by atoms with Gasteiger partial charge in [0.2, 0.25) is 5.91 Å². The van der Waals surface area contributed by atoms with Crippen molar-refractivity contribution < 1.29 is 4.79 Å². The Kier molecular flexibility index (Phi) is 4.74. The number of fused-ring (bicyclic) bond motifs is 1. The number of hydrogen-bond donors (Lipinski definition) is 1. The Morgan fingerprint density at radius 1 is 1.16 bits per heavy atom. The van der Waals surface area contributed by atoms with Crippen molar-refractivity contribution in [1.82, 2.24) is 9.97 Å². The average Bonchev–Trinajstić information content (AvgIpc) is 3.29. The number of carbonyl (C=O) groups excluding carboxylic acids is 1. The third kappa shape index (κ3) is 3.71. The van der Waals surface area contributed by atoms with Gasteiger partial charge in [-0.25, -0.2) is 9.97 Å². The molecule has 1 aliphatic rings. The van der Waals surface area contributed by atoms with E-state index in [0.29, 0.717) is 11.0 Å². The summed E-state index contributed by atoms with van der Waals surface area (Å²) >= 11 is 1.43. The lowest BCUT2D eigenvalue weighted by Gasteiger charge is -2.20. The molecule has 2 aromatic heterocycles. The Morgan fingerprint density at radius 3 is 2.72 bits per heavy atom. The lowest BCUT2D eigenvalue weighted by Crippen LogP contribution is -2.23. The molecule has 0 bridgehead atoms. The molecule has 1 amide bonds. The number of aromatic nitrogens is 2. The van der Waals surface area contributed by atoms with E-state index in [-0.39, 0.29) is 11.8 Å². The summed E-state index contributed by atoms with van der Waals surface area (Å²) in [5, 5.41) is 3.66. The predicted molar refractivity (Wildman–Crippen MR) is 102 cm³/mol. The molecular formula is C20H21N3OS. The first kappa shape index (κ1) is 16.2. The Hall–Kier alpha value is -2.27. The molecule has 0 spiro atoms. The number of benzene rings is 1. The molecule has 4 nitrogen and oxygen atoms in total. The number of amides is 1. The normalized spacial score (nSPS) is 16.2. The summed E-state index contributed by atoms with van der Waals surface area (Å²) in [6.07, 6.45) is 7.72. The van der Waals surface area contributed by atoms with Crippen molar-refractivity contribution in [2.45, 2.75) is 38.0 Å². The van der Waals surface area contributed by atoms with Crippen LogP contribution in [0.4, 0.5) is 5.13 Å². The van der Waals surface area contributed by atoms with Gasteiger partial charge < -0.3 is 5.32 Å². The van der Waals surface area contributed by atoms with Gasteiger partial charge in [0.25, 0.3) is 0 Å². The maximum absolute atomic E-state index is 13.0. The number of nitrogens with one attached hydrogen (secondary N) is 1. The number of rotatable bonds is 5. The van der Waals surface area contributed by atoms with Crippen LogP contribution in [-0.2, 0) is 4.79 Å². The van der Waals surface area contributed by atoms with E-state index in [1.807, 2.05) is 30.3 Å². The molecule has 1 unspecified atom stereocenters. The van der Waals surface area contributed by atoms with Crippen molar-refractivity contribution in [2.75, 3.05) is 5.32 Å². The predicted octanol–water partition coefficient (Wildman–Crippen LogP) is 4.99. The van der Waals surface area contributed by atoms with E-state index in [1.165, 1.54) is 37.0 Å². The summed E-state index contributed by atoms with van der Waals surface area (Å²) in [7, 11) is 0. The van der Waals surface area contributed by atoms with Crippen molar-refractivity contribution in [1.29, 1.82) is 0 Å². The lowest BCUT2D eigenvalue weighted by molar-refractivity contribution is -0.118. The molecule has 3 aromatic rings. The molecule has 0 saturated heterocycles. The minimum absolute atomic E-state index is 0.0390. The largest absolute Gasteiger partial charge is 0.301 e. The summed E-state index contributed by atoms with van der Waals surface area (Å²) in [5.41, 5.74) is 1.92. The Morgan fingerprint density at radius 2 is 1.96 bits per heavy atom. The van der Waals surface area contributed by atoms with Crippen molar-refractivity contribution in [2.24, 2.45) is 5.92 Å². The molecule has 5 heteroatoms. The third-order valence-electron chi connectivity index (χ3n) is 4.96. The van der Waals surface area contributed by atoms with Gasteiger partial charge >= 0.3 is 0 Å². The van der Waals surface area contributed by atoms with Gasteiger partial charge in [-0.1, -0.05) is 67.4 Å². The standard InChI is InChI=1S/C20H21N3OS/c24-18(23-20-22-17-11-6-12-21-19(17)25-20)16(13-14-7-4-5-8-14)15-9-2-1-3-10-15/h1-3,6,9-12,14,16H,4-5,7-8,13H2,(H,22,23,24). The number of anilines is 1. The second-order valence-corrected chi connectivity index (χ2v) is 7.66. The first-order valence-electron chi connectivity index (χ1n) is 8.87. The monoisotopic (exact) mass is 351 g/mol. The smallest absolute Gasteiger partial charge is 0.233 e. The van der Waals surface area contributed by atoms with Crippen LogP contribution in [0.15, 0.2) is 48.7 Å². The van der Waals surface area contributed by atoms with E-state index in [1.54, 1.807) is 6.20 Å². The second-order valence-electron chi connectivity index (χ2n) is 6.69. The molecular weight excluding hydrogens is 330 g/mol. The first-order valence-corrected chi connectivity index (χ1v) is 9.68. The molecule has 25 heavy (non-hydrogen) atoms. The second kappa shape index (κ2) is 7.31. The van der Waals surface area contributed by atoms with Crippen molar-refractivity contribution in [3.05, 3.63) is 54.2 Å². The van der Waals surface area contributed by atoms with Crippen LogP contribution in [-0.4, -0.2) is 15.9 Å². The fraction of sp³-hybridized carbons (Fsp3) is 0.350. The minimum atomic E-state index is -0.121. The van der Waals surface area contributed by atoms with E-state index in [4.69, 9.17) is 0 Å². The van der Waals surface area contributed by atoms with Gasteiger partial charge in [-0.2, -0.15) is 0 Å². The average molecular weight is 351 g/mol. The molecule has 1 saturated carbocycles. The van der Waals surface area contributed by atoms with Gasteiger partial charge in [-0.15, -0.1) is 0 Å². The van der Waals surface area contributed by atoms with Gasteiger partial charge in [0, 0.05) is 6.20 Å². The molecule has 1 aromatic carbocycles. The highest BCUT2D eigenvalue weighted by atomic mass is 32.1. The Labute approximate surface area is 151 Å². The molecule has 2 heterocycles.